The zero-order valence-electron chi connectivity index (χ0n) is 19.1. The van der Waals surface area contributed by atoms with E-state index >= 15 is 0 Å². The third-order valence-electron chi connectivity index (χ3n) is 5.87. The van der Waals surface area contributed by atoms with Crippen LogP contribution in [0, 0.1) is 5.41 Å². The smallest absolute Gasteiger partial charge is 0.284 e. The van der Waals surface area contributed by atoms with Crippen molar-refractivity contribution in [3.05, 3.63) is 66.6 Å². The van der Waals surface area contributed by atoms with E-state index in [0.717, 1.165) is 16.8 Å². The number of fused-ring (bicyclic) bond motifs is 1. The molecule has 0 amide bonds. The summed E-state index contributed by atoms with van der Waals surface area (Å²) >= 11 is 0. The molecule has 0 unspecified atom stereocenters. The molecule has 0 radical (unpaired) electrons. The zero-order chi connectivity index (χ0) is 24.4. The van der Waals surface area contributed by atoms with Crippen LogP contribution >= 0.6 is 0 Å². The highest BCUT2D eigenvalue weighted by Gasteiger charge is 2.35. The average Bonchev–Trinajstić information content (AvgIpc) is 3.19. The largest absolute Gasteiger partial charge is 0.457 e. The van der Waals surface area contributed by atoms with Gasteiger partial charge in [-0.25, -0.2) is 18.7 Å². The Kier molecular flexibility index (Phi) is 6.02. The van der Waals surface area contributed by atoms with E-state index in [4.69, 9.17) is 14.9 Å². The molecule has 4 aromatic rings. The van der Waals surface area contributed by atoms with Crippen molar-refractivity contribution in [3.63, 3.8) is 0 Å². The number of rotatable bonds is 5. The Morgan fingerprint density at radius 2 is 1.71 bits per heavy atom. The van der Waals surface area contributed by atoms with Crippen LogP contribution in [0.15, 0.2) is 60.8 Å². The number of aryl methyl sites for hydroxylation is 1. The highest BCUT2D eigenvalue weighted by molar-refractivity contribution is 5.89. The van der Waals surface area contributed by atoms with Crippen molar-refractivity contribution in [2.45, 2.75) is 25.4 Å². The number of nitrogens with one attached hydrogen (secondary N) is 1. The normalized spacial score (nSPS) is 15.2. The molecule has 1 aliphatic heterocycles. The quantitative estimate of drug-likeness (QED) is 0.321. The summed E-state index contributed by atoms with van der Waals surface area (Å²) in [5.41, 5.74) is 2.96. The highest BCUT2D eigenvalue weighted by Crippen LogP contribution is 2.30. The van der Waals surface area contributed by atoms with Gasteiger partial charge in [0, 0.05) is 38.5 Å². The number of piperidine rings is 1. The lowest BCUT2D eigenvalue weighted by Gasteiger charge is -2.32. The summed E-state index contributed by atoms with van der Waals surface area (Å²) in [7, 11) is 1.82. The van der Waals surface area contributed by atoms with Crippen LogP contribution in [0.1, 0.15) is 18.7 Å². The second-order valence-electron chi connectivity index (χ2n) is 8.37. The van der Waals surface area contributed by atoms with Crippen molar-refractivity contribution in [1.82, 2.24) is 24.6 Å². The summed E-state index contributed by atoms with van der Waals surface area (Å²) in [6.45, 7) is 0.130. The van der Waals surface area contributed by atoms with Crippen molar-refractivity contribution >= 4 is 17.1 Å². The fourth-order valence-corrected chi connectivity index (χ4v) is 3.90. The van der Waals surface area contributed by atoms with Crippen LogP contribution in [-0.4, -0.2) is 49.7 Å². The molecule has 2 aromatic carbocycles. The zero-order valence-corrected chi connectivity index (χ0v) is 19.1. The number of likely N-dealkylation sites (tertiary alicyclic amines) is 1. The van der Waals surface area contributed by atoms with E-state index in [1.807, 2.05) is 61.6 Å². The number of halogens is 2. The number of amidine groups is 1. The summed E-state index contributed by atoms with van der Waals surface area (Å²) in [4.78, 5) is 10.4. The molecule has 1 aliphatic rings. The summed E-state index contributed by atoms with van der Waals surface area (Å²) in [6, 6.07) is 17.0. The second-order valence-corrected chi connectivity index (χ2v) is 8.37. The molecule has 5 rings (SSSR count). The van der Waals surface area contributed by atoms with Crippen molar-refractivity contribution in [1.29, 1.82) is 5.41 Å². The fraction of sp³-hybridized carbons (Fsp3) is 0.280. The predicted octanol–water partition coefficient (Wildman–Crippen LogP) is 5.01. The second kappa shape index (κ2) is 9.28. The minimum absolute atomic E-state index is 0.0418. The number of aromatic nitrogens is 4. The first kappa shape index (κ1) is 22.7. The van der Waals surface area contributed by atoms with E-state index in [9.17, 15) is 8.78 Å². The van der Waals surface area contributed by atoms with Gasteiger partial charge in [0.25, 0.3) is 11.9 Å². The van der Waals surface area contributed by atoms with Gasteiger partial charge in [0.2, 0.25) is 0 Å². The molecule has 0 spiro atoms. The summed E-state index contributed by atoms with van der Waals surface area (Å²) < 4.78 is 39.8. The molecule has 1 saturated heterocycles. The van der Waals surface area contributed by atoms with Gasteiger partial charge in [0.1, 0.15) is 28.2 Å². The molecule has 0 saturated carbocycles. The molecule has 2 aromatic heterocycles. The van der Waals surface area contributed by atoms with E-state index < -0.39 is 5.92 Å². The third-order valence-corrected chi connectivity index (χ3v) is 5.87. The van der Waals surface area contributed by atoms with Gasteiger partial charge < -0.3 is 14.4 Å². The number of benzene rings is 2. The Morgan fingerprint density at radius 1 is 1.03 bits per heavy atom. The first-order chi connectivity index (χ1) is 16.9. The molecule has 0 atom stereocenters. The molecule has 1 N–H and O–H groups in total. The van der Waals surface area contributed by atoms with Crippen LogP contribution in [0.5, 0.6) is 11.5 Å². The molecular formula is C25H24F2N6O2. The van der Waals surface area contributed by atoms with Gasteiger partial charge in [-0.05, 0) is 36.4 Å². The Labute approximate surface area is 200 Å². The Hall–Kier alpha value is -4.08. The Balaban J connectivity index is 1.30. The minimum Gasteiger partial charge on any atom is -0.457 e. The van der Waals surface area contributed by atoms with E-state index in [2.05, 4.69) is 15.1 Å². The minimum atomic E-state index is -2.67. The van der Waals surface area contributed by atoms with E-state index in [1.165, 1.54) is 4.90 Å². The van der Waals surface area contributed by atoms with Gasteiger partial charge in [-0.2, -0.15) is 5.10 Å². The van der Waals surface area contributed by atoms with Crippen molar-refractivity contribution in [3.8, 4) is 22.8 Å². The van der Waals surface area contributed by atoms with Crippen LogP contribution < -0.4 is 4.74 Å². The number of ether oxygens (including phenoxy) is 2. The Morgan fingerprint density at radius 3 is 2.43 bits per heavy atom. The maximum absolute atomic E-state index is 13.4. The van der Waals surface area contributed by atoms with Crippen molar-refractivity contribution in [2.24, 2.45) is 7.05 Å². The SMILES string of the molecule is Cn1nc(-c2ccc(Oc3ccccc3)cc2)c2nc(COC(=N)N3CCC(F)(F)CC3)ncc21. The summed E-state index contributed by atoms with van der Waals surface area (Å²) in [5, 5.41) is 12.7. The lowest BCUT2D eigenvalue weighted by Crippen LogP contribution is -2.43. The lowest BCUT2D eigenvalue weighted by atomic mass is 10.1. The Bertz CT molecular complexity index is 1330. The van der Waals surface area contributed by atoms with Gasteiger partial charge in [-0.15, -0.1) is 0 Å². The maximum atomic E-state index is 13.4. The molecule has 3 heterocycles. The standard InChI is InChI=1S/C25H24F2N6O2/c1-32-20-15-29-21(16-34-24(28)33-13-11-25(26,27)12-14-33)30-23(20)22(31-32)17-7-9-19(10-8-17)35-18-5-3-2-4-6-18/h2-10,15,28H,11-14,16H2,1H3. The molecule has 10 heteroatoms. The third kappa shape index (κ3) is 5.06. The topological polar surface area (TPSA) is 89.2 Å². The van der Waals surface area contributed by atoms with Crippen LogP contribution in [-0.2, 0) is 18.4 Å². The summed E-state index contributed by atoms with van der Waals surface area (Å²) in [6.07, 6.45) is 1.10. The first-order valence-electron chi connectivity index (χ1n) is 11.2. The molecule has 35 heavy (non-hydrogen) atoms. The average molecular weight is 479 g/mol. The van der Waals surface area contributed by atoms with Gasteiger partial charge in [0.05, 0.1) is 6.20 Å². The predicted molar refractivity (Wildman–Crippen MR) is 127 cm³/mol. The van der Waals surface area contributed by atoms with Gasteiger partial charge >= 0.3 is 0 Å². The van der Waals surface area contributed by atoms with Crippen molar-refractivity contribution in [2.75, 3.05) is 13.1 Å². The molecule has 0 aliphatic carbocycles. The van der Waals surface area contributed by atoms with E-state index in [0.29, 0.717) is 22.8 Å². The molecule has 8 nitrogen and oxygen atoms in total. The first-order valence-corrected chi connectivity index (χ1v) is 11.2. The number of nitrogens with zero attached hydrogens (tertiary/aromatic N) is 5. The molecule has 180 valence electrons. The molecule has 1 fully saturated rings. The van der Waals surface area contributed by atoms with Gasteiger partial charge in [0.15, 0.2) is 12.4 Å². The van der Waals surface area contributed by atoms with Gasteiger partial charge in [-0.3, -0.25) is 10.1 Å². The number of para-hydroxylation sites is 1. The van der Waals surface area contributed by atoms with E-state index in [1.54, 1.807) is 10.9 Å². The monoisotopic (exact) mass is 478 g/mol. The molecule has 0 bridgehead atoms. The van der Waals surface area contributed by atoms with Crippen LogP contribution in [0.25, 0.3) is 22.3 Å². The number of hydrogen-bond acceptors (Lipinski definition) is 6. The molecular weight excluding hydrogens is 454 g/mol. The lowest BCUT2D eigenvalue weighted by molar-refractivity contribution is -0.0472. The number of alkyl halides is 2. The van der Waals surface area contributed by atoms with Gasteiger partial charge in [-0.1, -0.05) is 18.2 Å². The fourth-order valence-electron chi connectivity index (χ4n) is 3.90. The maximum Gasteiger partial charge on any atom is 0.284 e. The summed E-state index contributed by atoms with van der Waals surface area (Å²) in [5.74, 6) is -0.835. The van der Waals surface area contributed by atoms with Crippen LogP contribution in [0.4, 0.5) is 8.78 Å². The van der Waals surface area contributed by atoms with Crippen LogP contribution in [0.2, 0.25) is 0 Å². The van der Waals surface area contributed by atoms with E-state index in [-0.39, 0.29) is 38.6 Å². The van der Waals surface area contributed by atoms with Crippen LogP contribution in [0.3, 0.4) is 0 Å². The van der Waals surface area contributed by atoms with Crippen molar-refractivity contribution < 1.29 is 18.3 Å². The number of hydrogen-bond donors (Lipinski definition) is 1. The highest BCUT2D eigenvalue weighted by atomic mass is 19.3.